The van der Waals surface area contributed by atoms with Crippen LogP contribution in [0.4, 0.5) is 0 Å². The lowest BCUT2D eigenvalue weighted by Gasteiger charge is -2.21. The zero-order valence-corrected chi connectivity index (χ0v) is 11.0. The van der Waals surface area contributed by atoms with E-state index in [4.69, 9.17) is 0 Å². The van der Waals surface area contributed by atoms with Crippen molar-refractivity contribution in [3.63, 3.8) is 0 Å². The zero-order chi connectivity index (χ0) is 11.9. The van der Waals surface area contributed by atoms with Gasteiger partial charge in [0.15, 0.2) is 0 Å². The van der Waals surface area contributed by atoms with E-state index in [2.05, 4.69) is 36.5 Å². The van der Waals surface area contributed by atoms with Crippen molar-refractivity contribution in [2.24, 2.45) is 0 Å². The predicted octanol–water partition coefficient (Wildman–Crippen LogP) is 4.20. The molecule has 1 nitrogen and oxygen atoms in total. The third-order valence-electron chi connectivity index (χ3n) is 3.78. The number of rotatable bonds is 3. The van der Waals surface area contributed by atoms with E-state index in [1.165, 1.54) is 56.1 Å². The molecule has 0 aromatic heterocycles. The summed E-state index contributed by atoms with van der Waals surface area (Å²) in [6, 6.07) is 9.58. The summed E-state index contributed by atoms with van der Waals surface area (Å²) >= 11 is 0. The average Bonchev–Trinajstić information content (AvgIpc) is 2.27. The molecular weight excluding hydrogens is 206 g/mol. The van der Waals surface area contributed by atoms with E-state index in [-0.39, 0.29) is 0 Å². The molecule has 1 N–H and O–H groups in total. The first-order valence-electron chi connectivity index (χ1n) is 7.13. The molecule has 94 valence electrons. The van der Waals surface area contributed by atoms with Crippen LogP contribution >= 0.6 is 0 Å². The molecular formula is C16H25N. The lowest BCUT2D eigenvalue weighted by atomic mass is 9.96. The van der Waals surface area contributed by atoms with Crippen molar-refractivity contribution in [1.82, 2.24) is 5.32 Å². The molecule has 0 amide bonds. The van der Waals surface area contributed by atoms with E-state index in [1.807, 2.05) is 0 Å². The normalized spacial score (nSPS) is 18.6. The Morgan fingerprint density at radius 2 is 1.76 bits per heavy atom. The van der Waals surface area contributed by atoms with Crippen LogP contribution in [0.15, 0.2) is 24.3 Å². The fourth-order valence-corrected chi connectivity index (χ4v) is 2.74. The minimum Gasteiger partial charge on any atom is -0.310 e. The van der Waals surface area contributed by atoms with E-state index >= 15 is 0 Å². The number of hydrogen-bond acceptors (Lipinski definition) is 1. The van der Waals surface area contributed by atoms with Gasteiger partial charge in [-0.25, -0.2) is 0 Å². The average molecular weight is 231 g/mol. The Balaban J connectivity index is 1.79. The number of benzene rings is 1. The Bertz CT molecular complexity index is 324. The first kappa shape index (κ1) is 12.6. The Labute approximate surface area is 106 Å². The first-order valence-corrected chi connectivity index (χ1v) is 7.13. The Morgan fingerprint density at radius 1 is 1.06 bits per heavy atom. The third-order valence-corrected chi connectivity index (χ3v) is 3.78. The molecule has 0 unspecified atom stereocenters. The first-order chi connectivity index (χ1) is 8.34. The van der Waals surface area contributed by atoms with Crippen molar-refractivity contribution in [2.75, 3.05) is 0 Å². The highest BCUT2D eigenvalue weighted by Crippen LogP contribution is 2.17. The van der Waals surface area contributed by atoms with E-state index in [0.717, 1.165) is 12.6 Å². The fraction of sp³-hybridized carbons (Fsp3) is 0.625. The summed E-state index contributed by atoms with van der Waals surface area (Å²) in [5, 5.41) is 3.73. The minimum atomic E-state index is 0.746. The molecule has 0 spiro atoms. The molecule has 1 aliphatic carbocycles. The second-order valence-electron chi connectivity index (χ2n) is 5.41. The summed E-state index contributed by atoms with van der Waals surface area (Å²) in [7, 11) is 0. The molecule has 0 bridgehead atoms. The fourth-order valence-electron chi connectivity index (χ4n) is 2.74. The van der Waals surface area contributed by atoms with Gasteiger partial charge < -0.3 is 5.32 Å². The van der Waals surface area contributed by atoms with Crippen LogP contribution in [0.3, 0.4) is 0 Å². The van der Waals surface area contributed by atoms with E-state index in [9.17, 15) is 0 Å². The predicted molar refractivity (Wildman–Crippen MR) is 74.1 cm³/mol. The topological polar surface area (TPSA) is 12.0 Å². The summed E-state index contributed by atoms with van der Waals surface area (Å²) in [6.07, 6.45) is 9.87. The van der Waals surface area contributed by atoms with Gasteiger partial charge in [-0.15, -0.1) is 0 Å². The molecule has 0 saturated heterocycles. The second kappa shape index (κ2) is 6.80. The maximum absolute atomic E-state index is 3.73. The maximum atomic E-state index is 3.73. The van der Waals surface area contributed by atoms with Crippen LogP contribution in [0.1, 0.15) is 56.1 Å². The van der Waals surface area contributed by atoms with Crippen LogP contribution < -0.4 is 5.32 Å². The van der Waals surface area contributed by atoms with Gasteiger partial charge in [-0.2, -0.15) is 0 Å². The highest BCUT2D eigenvalue weighted by atomic mass is 14.9. The van der Waals surface area contributed by atoms with Crippen LogP contribution in [0.2, 0.25) is 0 Å². The van der Waals surface area contributed by atoms with E-state index in [0.29, 0.717) is 0 Å². The molecule has 1 heteroatoms. The van der Waals surface area contributed by atoms with Crippen molar-refractivity contribution >= 4 is 0 Å². The lowest BCUT2D eigenvalue weighted by Crippen LogP contribution is -2.29. The molecule has 0 atom stereocenters. The largest absolute Gasteiger partial charge is 0.310 e. The van der Waals surface area contributed by atoms with Gasteiger partial charge >= 0.3 is 0 Å². The second-order valence-corrected chi connectivity index (χ2v) is 5.41. The monoisotopic (exact) mass is 231 g/mol. The van der Waals surface area contributed by atoms with Gasteiger partial charge in [0, 0.05) is 12.6 Å². The Kier molecular flexibility index (Phi) is 5.06. The molecule has 0 radical (unpaired) electrons. The minimum absolute atomic E-state index is 0.746. The molecule has 1 aromatic rings. The van der Waals surface area contributed by atoms with Gasteiger partial charge in [0.2, 0.25) is 0 Å². The SMILES string of the molecule is Cc1cccc(CNC2CCCCCCC2)c1. The van der Waals surface area contributed by atoms with Crippen molar-refractivity contribution in [2.45, 2.75) is 64.5 Å². The molecule has 0 aliphatic heterocycles. The van der Waals surface area contributed by atoms with E-state index in [1.54, 1.807) is 0 Å². The van der Waals surface area contributed by atoms with Crippen molar-refractivity contribution in [3.05, 3.63) is 35.4 Å². The Morgan fingerprint density at radius 3 is 2.47 bits per heavy atom. The number of aryl methyl sites for hydroxylation is 1. The van der Waals surface area contributed by atoms with Gasteiger partial charge in [-0.1, -0.05) is 61.9 Å². The molecule has 1 aliphatic rings. The van der Waals surface area contributed by atoms with Crippen molar-refractivity contribution < 1.29 is 0 Å². The summed E-state index contributed by atoms with van der Waals surface area (Å²) in [4.78, 5) is 0. The summed E-state index contributed by atoms with van der Waals surface area (Å²) in [5.41, 5.74) is 2.79. The Hall–Kier alpha value is -0.820. The zero-order valence-electron chi connectivity index (χ0n) is 11.0. The maximum Gasteiger partial charge on any atom is 0.0208 e. The van der Waals surface area contributed by atoms with Crippen LogP contribution in [0.5, 0.6) is 0 Å². The number of hydrogen-bond donors (Lipinski definition) is 1. The van der Waals surface area contributed by atoms with Crippen LogP contribution in [0, 0.1) is 6.92 Å². The third kappa shape index (κ3) is 4.51. The molecule has 1 saturated carbocycles. The highest BCUT2D eigenvalue weighted by molar-refractivity contribution is 5.22. The molecule has 1 aromatic carbocycles. The summed E-state index contributed by atoms with van der Waals surface area (Å²) < 4.78 is 0. The summed E-state index contributed by atoms with van der Waals surface area (Å²) in [5.74, 6) is 0. The van der Waals surface area contributed by atoms with Gasteiger partial charge in [-0.3, -0.25) is 0 Å². The van der Waals surface area contributed by atoms with Gasteiger partial charge in [0.25, 0.3) is 0 Å². The van der Waals surface area contributed by atoms with Crippen molar-refractivity contribution in [3.8, 4) is 0 Å². The molecule has 1 fully saturated rings. The van der Waals surface area contributed by atoms with Gasteiger partial charge in [-0.05, 0) is 25.3 Å². The standard InChI is InChI=1S/C16H25N/c1-14-8-7-9-15(12-14)13-17-16-10-5-3-2-4-6-11-16/h7-9,12,16-17H,2-6,10-11,13H2,1H3. The van der Waals surface area contributed by atoms with Crippen LogP contribution in [-0.4, -0.2) is 6.04 Å². The lowest BCUT2D eigenvalue weighted by molar-refractivity contribution is 0.389. The van der Waals surface area contributed by atoms with Gasteiger partial charge in [0.05, 0.1) is 0 Å². The number of nitrogens with one attached hydrogen (secondary N) is 1. The smallest absolute Gasteiger partial charge is 0.0208 e. The van der Waals surface area contributed by atoms with E-state index < -0.39 is 0 Å². The molecule has 0 heterocycles. The summed E-state index contributed by atoms with van der Waals surface area (Å²) in [6.45, 7) is 3.20. The quantitative estimate of drug-likeness (QED) is 0.822. The van der Waals surface area contributed by atoms with Crippen LogP contribution in [0.25, 0.3) is 0 Å². The van der Waals surface area contributed by atoms with Crippen molar-refractivity contribution in [1.29, 1.82) is 0 Å². The van der Waals surface area contributed by atoms with Crippen LogP contribution in [-0.2, 0) is 6.54 Å². The molecule has 17 heavy (non-hydrogen) atoms. The van der Waals surface area contributed by atoms with Gasteiger partial charge in [0.1, 0.15) is 0 Å². The highest BCUT2D eigenvalue weighted by Gasteiger charge is 2.10. The molecule has 2 rings (SSSR count).